The lowest BCUT2D eigenvalue weighted by Crippen LogP contribution is -2.08. The summed E-state index contributed by atoms with van der Waals surface area (Å²) in [5.41, 5.74) is 1.48. The summed E-state index contributed by atoms with van der Waals surface area (Å²) < 4.78 is 33.3. The Morgan fingerprint density at radius 2 is 1.72 bits per heavy atom. The maximum absolute atomic E-state index is 11.3. The Morgan fingerprint density at radius 1 is 1.17 bits per heavy atom. The van der Waals surface area contributed by atoms with Crippen molar-refractivity contribution in [3.63, 3.8) is 0 Å². The Hall–Kier alpha value is -0.780. The zero-order valence-corrected chi connectivity index (χ0v) is 12.3. The van der Waals surface area contributed by atoms with E-state index in [2.05, 4.69) is 0 Å². The van der Waals surface area contributed by atoms with E-state index in [1.54, 1.807) is 13.8 Å². The van der Waals surface area contributed by atoms with Gasteiger partial charge in [-0.25, -0.2) is 8.42 Å². The van der Waals surface area contributed by atoms with Gasteiger partial charge in [0.2, 0.25) is 0 Å². The van der Waals surface area contributed by atoms with Crippen molar-refractivity contribution in [3.05, 3.63) is 23.3 Å². The molecule has 0 radical (unpaired) electrons. The molecule has 1 aromatic rings. The van der Waals surface area contributed by atoms with E-state index < -0.39 is 9.05 Å². The molecule has 0 aliphatic carbocycles. The van der Waals surface area contributed by atoms with Crippen molar-refractivity contribution in [2.45, 2.75) is 25.7 Å². The minimum Gasteiger partial charge on any atom is -0.491 e. The number of hydrogen-bond donors (Lipinski definition) is 0. The Labute approximate surface area is 112 Å². The van der Waals surface area contributed by atoms with Gasteiger partial charge in [0, 0.05) is 17.3 Å². The van der Waals surface area contributed by atoms with E-state index in [1.807, 2.05) is 6.92 Å². The van der Waals surface area contributed by atoms with Gasteiger partial charge in [0.05, 0.1) is 11.5 Å². The second kappa shape index (κ2) is 6.41. The van der Waals surface area contributed by atoms with E-state index in [1.165, 1.54) is 12.1 Å². The van der Waals surface area contributed by atoms with Gasteiger partial charge in [0.25, 0.3) is 9.05 Å². The van der Waals surface area contributed by atoms with E-state index in [0.717, 1.165) is 11.1 Å². The van der Waals surface area contributed by atoms with Gasteiger partial charge >= 0.3 is 0 Å². The van der Waals surface area contributed by atoms with Crippen LogP contribution in [-0.2, 0) is 13.8 Å². The average Bonchev–Trinajstić information content (AvgIpc) is 2.25. The smallest absolute Gasteiger partial charge is 0.261 e. The first kappa shape index (κ1) is 15.3. The quantitative estimate of drug-likeness (QED) is 0.597. The number of halogens is 1. The lowest BCUT2D eigenvalue weighted by atomic mass is 10.1. The predicted molar refractivity (Wildman–Crippen MR) is 70.9 cm³/mol. The van der Waals surface area contributed by atoms with Crippen LogP contribution in [-0.4, -0.2) is 28.2 Å². The highest BCUT2D eigenvalue weighted by molar-refractivity contribution is 8.13. The van der Waals surface area contributed by atoms with Crippen LogP contribution in [0.5, 0.6) is 5.75 Å². The molecule has 0 saturated carbocycles. The average molecular weight is 293 g/mol. The molecule has 1 rings (SSSR count). The molecular formula is C12H17ClO4S. The van der Waals surface area contributed by atoms with Crippen LogP contribution in [0, 0.1) is 13.8 Å². The highest BCUT2D eigenvalue weighted by Gasteiger charge is 2.14. The van der Waals surface area contributed by atoms with Crippen LogP contribution < -0.4 is 4.74 Å². The van der Waals surface area contributed by atoms with Crippen molar-refractivity contribution in [1.82, 2.24) is 0 Å². The Morgan fingerprint density at radius 3 is 2.17 bits per heavy atom. The van der Waals surface area contributed by atoms with Crippen molar-refractivity contribution in [2.24, 2.45) is 0 Å². The van der Waals surface area contributed by atoms with Crippen molar-refractivity contribution >= 4 is 19.7 Å². The zero-order valence-electron chi connectivity index (χ0n) is 10.7. The molecule has 0 bridgehead atoms. The lowest BCUT2D eigenvalue weighted by molar-refractivity contribution is 0.109. The second-order valence-electron chi connectivity index (χ2n) is 3.87. The molecule has 0 aromatic heterocycles. The molecule has 0 unspecified atom stereocenters. The summed E-state index contributed by atoms with van der Waals surface area (Å²) in [6, 6.07) is 3.01. The molecule has 102 valence electrons. The fraction of sp³-hybridized carbons (Fsp3) is 0.500. The highest BCUT2D eigenvalue weighted by atomic mass is 35.7. The number of rotatable bonds is 6. The second-order valence-corrected chi connectivity index (χ2v) is 6.44. The van der Waals surface area contributed by atoms with Crippen LogP contribution in [0.4, 0.5) is 0 Å². The van der Waals surface area contributed by atoms with E-state index >= 15 is 0 Å². The molecule has 0 amide bonds. The first-order valence-corrected chi connectivity index (χ1v) is 7.93. The van der Waals surface area contributed by atoms with Crippen molar-refractivity contribution in [2.75, 3.05) is 19.8 Å². The van der Waals surface area contributed by atoms with Crippen molar-refractivity contribution in [1.29, 1.82) is 0 Å². The molecule has 0 aliphatic rings. The molecule has 4 nitrogen and oxygen atoms in total. The van der Waals surface area contributed by atoms with Gasteiger partial charge in [-0.1, -0.05) is 0 Å². The summed E-state index contributed by atoms with van der Waals surface area (Å²) in [6.07, 6.45) is 0. The number of hydrogen-bond acceptors (Lipinski definition) is 4. The van der Waals surface area contributed by atoms with Crippen LogP contribution in [0.15, 0.2) is 17.0 Å². The fourth-order valence-corrected chi connectivity index (χ4v) is 2.53. The van der Waals surface area contributed by atoms with Crippen molar-refractivity contribution in [3.8, 4) is 5.75 Å². The normalized spacial score (nSPS) is 11.6. The summed E-state index contributed by atoms with van der Waals surface area (Å²) in [5.74, 6) is 0.679. The van der Waals surface area contributed by atoms with Gasteiger partial charge in [0.15, 0.2) is 0 Å². The minimum absolute atomic E-state index is 0.0938. The van der Waals surface area contributed by atoms with Gasteiger partial charge in [-0.2, -0.15) is 0 Å². The molecular weight excluding hydrogens is 276 g/mol. The van der Waals surface area contributed by atoms with Crippen LogP contribution in [0.1, 0.15) is 18.1 Å². The lowest BCUT2D eigenvalue weighted by Gasteiger charge is -2.13. The summed E-state index contributed by atoms with van der Waals surface area (Å²) in [6.45, 7) is 7.07. The third-order valence-electron chi connectivity index (χ3n) is 2.39. The van der Waals surface area contributed by atoms with Gasteiger partial charge in [-0.15, -0.1) is 0 Å². The Bertz CT molecular complexity index is 488. The summed E-state index contributed by atoms with van der Waals surface area (Å²) >= 11 is 0. The van der Waals surface area contributed by atoms with E-state index in [9.17, 15) is 8.42 Å². The van der Waals surface area contributed by atoms with Crippen molar-refractivity contribution < 1.29 is 17.9 Å². The van der Waals surface area contributed by atoms with E-state index in [4.69, 9.17) is 20.2 Å². The summed E-state index contributed by atoms with van der Waals surface area (Å²) in [7, 11) is 1.61. The minimum atomic E-state index is -3.70. The molecule has 1 aromatic carbocycles. The number of benzene rings is 1. The molecule has 0 aliphatic heterocycles. The van der Waals surface area contributed by atoms with Gasteiger partial charge < -0.3 is 9.47 Å². The topological polar surface area (TPSA) is 52.6 Å². The predicted octanol–water partition coefficient (Wildman–Crippen LogP) is 2.65. The van der Waals surface area contributed by atoms with Crippen LogP contribution in [0.3, 0.4) is 0 Å². The Balaban J connectivity index is 2.88. The number of aryl methyl sites for hydroxylation is 2. The zero-order chi connectivity index (χ0) is 13.8. The Kier molecular flexibility index (Phi) is 5.44. The summed E-state index contributed by atoms with van der Waals surface area (Å²) in [5, 5.41) is 0. The van der Waals surface area contributed by atoms with Crippen LogP contribution in [0.2, 0.25) is 0 Å². The first-order chi connectivity index (χ1) is 8.36. The molecule has 0 heterocycles. The number of ether oxygens (including phenoxy) is 2. The fourth-order valence-electron chi connectivity index (χ4n) is 1.63. The molecule has 6 heteroatoms. The third-order valence-corrected chi connectivity index (χ3v) is 3.73. The molecule has 0 N–H and O–H groups in total. The highest BCUT2D eigenvalue weighted by Crippen LogP contribution is 2.28. The third kappa shape index (κ3) is 4.15. The molecule has 18 heavy (non-hydrogen) atoms. The van der Waals surface area contributed by atoms with E-state index in [0.29, 0.717) is 25.6 Å². The molecule has 0 spiro atoms. The summed E-state index contributed by atoms with van der Waals surface area (Å²) in [4.78, 5) is 0.0938. The van der Waals surface area contributed by atoms with Gasteiger partial charge in [-0.05, 0) is 44.0 Å². The largest absolute Gasteiger partial charge is 0.491 e. The van der Waals surface area contributed by atoms with Crippen LogP contribution in [0.25, 0.3) is 0 Å². The SMILES string of the molecule is CCOCCOc1c(C)cc(S(=O)(=O)Cl)cc1C. The first-order valence-electron chi connectivity index (χ1n) is 5.62. The van der Waals surface area contributed by atoms with E-state index in [-0.39, 0.29) is 4.90 Å². The van der Waals surface area contributed by atoms with Gasteiger partial charge in [0.1, 0.15) is 12.4 Å². The molecule has 0 fully saturated rings. The standard InChI is InChI=1S/C12H17ClO4S/c1-4-16-5-6-17-12-9(2)7-11(8-10(12)3)18(13,14)15/h7-8H,4-6H2,1-3H3. The monoisotopic (exact) mass is 292 g/mol. The maximum atomic E-state index is 11.3. The molecule has 0 saturated heterocycles. The maximum Gasteiger partial charge on any atom is 0.261 e. The van der Waals surface area contributed by atoms with Gasteiger partial charge in [-0.3, -0.25) is 0 Å². The van der Waals surface area contributed by atoms with Crippen LogP contribution >= 0.6 is 10.7 Å². The molecule has 0 atom stereocenters.